The SMILES string of the molecule is CC/C=C\C/C=C\C/C=C\C/C=C\C/C=C\C/C=C\C/C=C\C/C=C\CCCCC(=O)OCC(COC(=O)CCCCCCCCCCC)OC(=O)CCCCC/C=C\C/C=C\C/C=C\CC. The lowest BCUT2D eigenvalue weighted by atomic mass is 10.1. The Morgan fingerprint density at radius 3 is 0.940 bits per heavy atom. The first kappa shape index (κ1) is 62.5. The molecular formula is C61H96O6. The minimum Gasteiger partial charge on any atom is -0.462 e. The second kappa shape index (κ2) is 54.2. The summed E-state index contributed by atoms with van der Waals surface area (Å²) < 4.78 is 16.7. The van der Waals surface area contributed by atoms with Crippen LogP contribution in [0.2, 0.25) is 0 Å². The Morgan fingerprint density at radius 1 is 0.313 bits per heavy atom. The fourth-order valence-corrected chi connectivity index (χ4v) is 6.71. The molecular weight excluding hydrogens is 829 g/mol. The monoisotopic (exact) mass is 925 g/mol. The Bertz CT molecular complexity index is 1480. The average Bonchev–Trinajstić information content (AvgIpc) is 3.33. The third kappa shape index (κ3) is 52.4. The van der Waals surface area contributed by atoms with E-state index in [4.69, 9.17) is 14.2 Å². The number of carbonyl (C=O) groups excluding carboxylic acids is 3. The van der Waals surface area contributed by atoms with Gasteiger partial charge in [-0.1, -0.05) is 212 Å². The Kier molecular flexibility index (Phi) is 50.6. The molecule has 0 aliphatic heterocycles. The molecule has 1 unspecified atom stereocenters. The molecule has 0 radical (unpaired) electrons. The van der Waals surface area contributed by atoms with Crippen molar-refractivity contribution in [1.29, 1.82) is 0 Å². The van der Waals surface area contributed by atoms with Crippen LogP contribution in [0.1, 0.15) is 213 Å². The van der Waals surface area contributed by atoms with Gasteiger partial charge in [-0.15, -0.1) is 0 Å². The van der Waals surface area contributed by atoms with Crippen LogP contribution in [-0.2, 0) is 28.6 Å². The lowest BCUT2D eigenvalue weighted by Crippen LogP contribution is -2.30. The zero-order chi connectivity index (χ0) is 48.6. The number of unbranched alkanes of at least 4 members (excludes halogenated alkanes) is 13. The van der Waals surface area contributed by atoms with Crippen LogP contribution < -0.4 is 0 Å². The topological polar surface area (TPSA) is 78.9 Å². The lowest BCUT2D eigenvalue weighted by Gasteiger charge is -2.18. The summed E-state index contributed by atoms with van der Waals surface area (Å²) in [5, 5.41) is 0. The number of hydrogen-bond donors (Lipinski definition) is 0. The van der Waals surface area contributed by atoms with Gasteiger partial charge in [0.2, 0.25) is 0 Å². The van der Waals surface area contributed by atoms with Crippen molar-refractivity contribution in [2.24, 2.45) is 0 Å². The minimum atomic E-state index is -0.813. The Morgan fingerprint density at radius 2 is 0.582 bits per heavy atom. The largest absolute Gasteiger partial charge is 0.462 e. The highest BCUT2D eigenvalue weighted by molar-refractivity contribution is 5.71. The summed E-state index contributed by atoms with van der Waals surface area (Å²) in [6.45, 7) is 6.30. The number of hydrogen-bond acceptors (Lipinski definition) is 6. The van der Waals surface area contributed by atoms with Gasteiger partial charge in [-0.2, -0.15) is 0 Å². The summed E-state index contributed by atoms with van der Waals surface area (Å²) in [6.07, 6.45) is 76.0. The molecule has 0 aromatic carbocycles. The van der Waals surface area contributed by atoms with Gasteiger partial charge in [0.05, 0.1) is 0 Å². The predicted molar refractivity (Wildman–Crippen MR) is 288 cm³/mol. The maximum Gasteiger partial charge on any atom is 0.306 e. The molecule has 0 fully saturated rings. The van der Waals surface area contributed by atoms with Gasteiger partial charge in [-0.3, -0.25) is 14.4 Å². The molecule has 376 valence electrons. The molecule has 0 bridgehead atoms. The van der Waals surface area contributed by atoms with E-state index in [2.05, 4.69) is 154 Å². The summed E-state index contributed by atoms with van der Waals surface area (Å²) >= 11 is 0. The van der Waals surface area contributed by atoms with Crippen molar-refractivity contribution in [2.45, 2.75) is 219 Å². The quantitative estimate of drug-likeness (QED) is 0.0262. The van der Waals surface area contributed by atoms with Gasteiger partial charge >= 0.3 is 17.9 Å². The number of ether oxygens (including phenoxy) is 3. The molecule has 0 rings (SSSR count). The van der Waals surface area contributed by atoms with Crippen LogP contribution in [0.3, 0.4) is 0 Å². The molecule has 6 nitrogen and oxygen atoms in total. The van der Waals surface area contributed by atoms with E-state index in [0.29, 0.717) is 19.3 Å². The third-order valence-corrected chi connectivity index (χ3v) is 10.7. The molecule has 0 saturated heterocycles. The first-order valence-corrected chi connectivity index (χ1v) is 26.7. The van der Waals surface area contributed by atoms with E-state index in [1.165, 1.54) is 38.5 Å². The number of rotatable bonds is 46. The van der Waals surface area contributed by atoms with Crippen molar-refractivity contribution in [2.75, 3.05) is 13.2 Å². The Hall–Kier alpha value is -4.45. The summed E-state index contributed by atoms with van der Waals surface area (Å²) in [6, 6.07) is 0. The van der Waals surface area contributed by atoms with E-state index >= 15 is 0 Å². The van der Waals surface area contributed by atoms with Crippen LogP contribution in [0.25, 0.3) is 0 Å². The molecule has 0 aliphatic rings. The second-order valence-corrected chi connectivity index (χ2v) is 17.0. The first-order valence-electron chi connectivity index (χ1n) is 26.7. The lowest BCUT2D eigenvalue weighted by molar-refractivity contribution is -0.167. The normalized spacial score (nSPS) is 13.2. The highest BCUT2D eigenvalue weighted by Gasteiger charge is 2.19. The fraction of sp³-hybridized carbons (Fsp3) is 0.590. The van der Waals surface area contributed by atoms with E-state index in [1.54, 1.807) is 0 Å². The Labute approximate surface area is 411 Å². The fourth-order valence-electron chi connectivity index (χ4n) is 6.71. The molecule has 0 amide bonds. The van der Waals surface area contributed by atoms with Gasteiger partial charge in [-0.05, 0) is 116 Å². The zero-order valence-corrected chi connectivity index (χ0v) is 42.9. The van der Waals surface area contributed by atoms with Crippen LogP contribution >= 0.6 is 0 Å². The van der Waals surface area contributed by atoms with E-state index in [0.717, 1.165) is 128 Å². The highest BCUT2D eigenvalue weighted by Crippen LogP contribution is 2.13. The number of carbonyl (C=O) groups is 3. The van der Waals surface area contributed by atoms with E-state index in [-0.39, 0.29) is 37.5 Å². The summed E-state index contributed by atoms with van der Waals surface area (Å²) in [7, 11) is 0. The molecule has 6 heteroatoms. The van der Waals surface area contributed by atoms with E-state index < -0.39 is 6.10 Å². The van der Waals surface area contributed by atoms with Crippen molar-refractivity contribution in [3.63, 3.8) is 0 Å². The molecule has 0 N–H and O–H groups in total. The molecule has 0 aromatic heterocycles. The standard InChI is InChI=1S/C61H96O6/c1-4-7-10-13-16-19-21-23-24-25-26-27-28-29-30-31-32-33-34-35-36-38-39-42-45-48-51-54-60(63)66-57-58(56-65-59(62)53-50-47-44-41-18-15-12-9-6-3)67-61(64)55-52-49-46-43-40-37-22-20-17-14-11-8-5-2/h7-8,10-11,16-17,19-20,23-24,26-27,29-30,32-33,35-37,39-40,42,58H,4-6,9,12-15,18,21-22,25,28,31,34,38,41,43-57H2,1-3H3/b10-7-,11-8-,19-16-,20-17-,24-23-,27-26-,30-29-,33-32-,36-35-,40-37-,42-39-. The molecule has 0 aromatic rings. The number of esters is 3. The second-order valence-electron chi connectivity index (χ2n) is 17.0. The van der Waals surface area contributed by atoms with Crippen molar-refractivity contribution >= 4 is 17.9 Å². The van der Waals surface area contributed by atoms with Gasteiger partial charge in [0.1, 0.15) is 13.2 Å². The zero-order valence-electron chi connectivity index (χ0n) is 42.9. The highest BCUT2D eigenvalue weighted by atomic mass is 16.6. The van der Waals surface area contributed by atoms with E-state index in [1.807, 2.05) is 0 Å². The van der Waals surface area contributed by atoms with Crippen LogP contribution in [0, 0.1) is 0 Å². The van der Waals surface area contributed by atoms with Crippen molar-refractivity contribution in [3.8, 4) is 0 Å². The minimum absolute atomic E-state index is 0.107. The van der Waals surface area contributed by atoms with Crippen molar-refractivity contribution in [3.05, 3.63) is 134 Å². The van der Waals surface area contributed by atoms with Gasteiger partial charge in [0, 0.05) is 19.3 Å². The van der Waals surface area contributed by atoms with Crippen LogP contribution in [-0.4, -0.2) is 37.2 Å². The smallest absolute Gasteiger partial charge is 0.306 e. The van der Waals surface area contributed by atoms with Crippen LogP contribution in [0.5, 0.6) is 0 Å². The average molecular weight is 925 g/mol. The van der Waals surface area contributed by atoms with Crippen molar-refractivity contribution < 1.29 is 28.6 Å². The molecule has 0 saturated carbocycles. The molecule has 0 heterocycles. The maximum atomic E-state index is 12.8. The number of allylic oxidation sites excluding steroid dienone is 22. The Balaban J connectivity index is 4.39. The van der Waals surface area contributed by atoms with Gasteiger partial charge in [0.25, 0.3) is 0 Å². The van der Waals surface area contributed by atoms with Gasteiger partial charge in [-0.25, -0.2) is 0 Å². The maximum absolute atomic E-state index is 12.8. The molecule has 0 spiro atoms. The van der Waals surface area contributed by atoms with Crippen molar-refractivity contribution in [1.82, 2.24) is 0 Å². The van der Waals surface area contributed by atoms with Gasteiger partial charge in [0.15, 0.2) is 6.10 Å². The van der Waals surface area contributed by atoms with Gasteiger partial charge < -0.3 is 14.2 Å². The van der Waals surface area contributed by atoms with E-state index in [9.17, 15) is 14.4 Å². The first-order chi connectivity index (χ1) is 33.0. The van der Waals surface area contributed by atoms with Crippen LogP contribution in [0.4, 0.5) is 0 Å². The molecule has 1 atom stereocenters. The molecule has 0 aliphatic carbocycles. The summed E-state index contributed by atoms with van der Waals surface area (Å²) in [5.74, 6) is -0.995. The van der Waals surface area contributed by atoms with Crippen LogP contribution in [0.15, 0.2) is 134 Å². The molecule has 67 heavy (non-hydrogen) atoms. The third-order valence-electron chi connectivity index (χ3n) is 10.7. The predicted octanol–water partition coefficient (Wildman–Crippen LogP) is 17.9. The summed E-state index contributed by atoms with van der Waals surface area (Å²) in [5.41, 5.74) is 0. The summed E-state index contributed by atoms with van der Waals surface area (Å²) in [4.78, 5) is 37.9.